The Labute approximate surface area is 118 Å². The zero-order valence-corrected chi connectivity index (χ0v) is 11.7. The highest BCUT2D eigenvalue weighted by molar-refractivity contribution is 9.10. The summed E-state index contributed by atoms with van der Waals surface area (Å²) < 4.78 is 0.552. The molecule has 19 heavy (non-hydrogen) atoms. The average Bonchev–Trinajstić information content (AvgIpc) is 2.41. The number of carboxylic acid groups (broad SMARTS) is 1. The summed E-state index contributed by atoms with van der Waals surface area (Å²) in [4.78, 5) is 24.5. The molecule has 0 aromatic heterocycles. The lowest BCUT2D eigenvalue weighted by atomic mass is 10.2. The SMILES string of the molecule is O=C(O)c1ccc(NC(=O)N2CCNCC2)c(Br)c1. The maximum Gasteiger partial charge on any atom is 0.335 e. The second kappa shape index (κ2) is 6.03. The van der Waals surface area contributed by atoms with Crippen LogP contribution >= 0.6 is 15.9 Å². The Morgan fingerprint density at radius 1 is 1.32 bits per heavy atom. The number of piperazine rings is 1. The average molecular weight is 328 g/mol. The molecule has 0 aliphatic carbocycles. The summed E-state index contributed by atoms with van der Waals surface area (Å²) in [5.74, 6) is -0.999. The van der Waals surface area contributed by atoms with Gasteiger partial charge in [-0.15, -0.1) is 0 Å². The molecule has 2 rings (SSSR count). The van der Waals surface area contributed by atoms with Crippen LogP contribution in [0.25, 0.3) is 0 Å². The van der Waals surface area contributed by atoms with Crippen LogP contribution in [-0.2, 0) is 0 Å². The quantitative estimate of drug-likeness (QED) is 0.770. The third-order valence-electron chi connectivity index (χ3n) is 2.86. The van der Waals surface area contributed by atoms with E-state index in [9.17, 15) is 9.59 Å². The molecule has 0 unspecified atom stereocenters. The van der Waals surface area contributed by atoms with E-state index >= 15 is 0 Å². The number of carbonyl (C=O) groups is 2. The highest BCUT2D eigenvalue weighted by atomic mass is 79.9. The number of hydrogen-bond acceptors (Lipinski definition) is 3. The molecule has 6 nitrogen and oxygen atoms in total. The van der Waals surface area contributed by atoms with E-state index in [1.54, 1.807) is 11.0 Å². The van der Waals surface area contributed by atoms with E-state index in [0.717, 1.165) is 13.1 Å². The van der Waals surface area contributed by atoms with E-state index in [1.807, 2.05) is 0 Å². The molecule has 1 aromatic rings. The zero-order chi connectivity index (χ0) is 13.8. The second-order valence-corrected chi connectivity index (χ2v) is 5.02. The standard InChI is InChI=1S/C12H14BrN3O3/c13-9-7-8(11(17)18)1-2-10(9)15-12(19)16-5-3-14-4-6-16/h1-2,7,14H,3-6H2,(H,15,19)(H,17,18). The van der Waals surface area contributed by atoms with Crippen molar-refractivity contribution < 1.29 is 14.7 Å². The van der Waals surface area contributed by atoms with Gasteiger partial charge in [0.05, 0.1) is 11.3 Å². The number of rotatable bonds is 2. The van der Waals surface area contributed by atoms with E-state index in [1.165, 1.54) is 12.1 Å². The molecule has 1 heterocycles. The Kier molecular flexibility index (Phi) is 4.39. The summed E-state index contributed by atoms with van der Waals surface area (Å²) in [6, 6.07) is 4.33. The monoisotopic (exact) mass is 327 g/mol. The van der Waals surface area contributed by atoms with Gasteiger partial charge >= 0.3 is 12.0 Å². The highest BCUT2D eigenvalue weighted by Crippen LogP contribution is 2.24. The number of carboxylic acids is 1. The Balaban J connectivity index is 2.06. The van der Waals surface area contributed by atoms with Gasteiger partial charge in [0.2, 0.25) is 0 Å². The van der Waals surface area contributed by atoms with Gasteiger partial charge in [0.15, 0.2) is 0 Å². The van der Waals surface area contributed by atoms with E-state index in [0.29, 0.717) is 23.2 Å². The molecule has 1 fully saturated rings. The number of anilines is 1. The molecule has 2 amide bonds. The number of nitrogens with zero attached hydrogens (tertiary/aromatic N) is 1. The fourth-order valence-electron chi connectivity index (χ4n) is 1.81. The van der Waals surface area contributed by atoms with Gasteiger partial charge in [-0.05, 0) is 34.1 Å². The van der Waals surface area contributed by atoms with Gasteiger partial charge in [-0.3, -0.25) is 0 Å². The van der Waals surface area contributed by atoms with Crippen molar-refractivity contribution in [2.45, 2.75) is 0 Å². The first-order chi connectivity index (χ1) is 9.08. The van der Waals surface area contributed by atoms with Crippen LogP contribution in [0.1, 0.15) is 10.4 Å². The molecule has 0 spiro atoms. The van der Waals surface area contributed by atoms with Crippen LogP contribution in [0.3, 0.4) is 0 Å². The van der Waals surface area contributed by atoms with Crippen LogP contribution < -0.4 is 10.6 Å². The molecule has 1 aromatic carbocycles. The number of hydrogen-bond donors (Lipinski definition) is 3. The lowest BCUT2D eigenvalue weighted by Gasteiger charge is -2.27. The predicted molar refractivity (Wildman–Crippen MR) is 74.6 cm³/mol. The molecule has 1 aliphatic rings. The highest BCUT2D eigenvalue weighted by Gasteiger charge is 2.17. The fourth-order valence-corrected chi connectivity index (χ4v) is 2.29. The van der Waals surface area contributed by atoms with Crippen molar-refractivity contribution in [2.24, 2.45) is 0 Å². The molecule has 1 aliphatic heterocycles. The van der Waals surface area contributed by atoms with Crippen LogP contribution in [-0.4, -0.2) is 48.2 Å². The molecule has 102 valence electrons. The molecule has 0 atom stereocenters. The first kappa shape index (κ1) is 13.8. The zero-order valence-electron chi connectivity index (χ0n) is 10.1. The van der Waals surface area contributed by atoms with Gasteiger partial charge in [-0.1, -0.05) is 0 Å². The van der Waals surface area contributed by atoms with Crippen molar-refractivity contribution in [3.63, 3.8) is 0 Å². The Bertz CT molecular complexity index is 501. The molecule has 3 N–H and O–H groups in total. The number of nitrogens with one attached hydrogen (secondary N) is 2. The Morgan fingerprint density at radius 3 is 2.58 bits per heavy atom. The predicted octanol–water partition coefficient (Wildman–Crippen LogP) is 1.58. The lowest BCUT2D eigenvalue weighted by Crippen LogP contribution is -2.48. The maximum absolute atomic E-state index is 12.0. The van der Waals surface area contributed by atoms with Crippen molar-refractivity contribution in [3.05, 3.63) is 28.2 Å². The number of amides is 2. The van der Waals surface area contributed by atoms with Gasteiger partial charge in [-0.25, -0.2) is 9.59 Å². The normalized spacial score (nSPS) is 15.1. The smallest absolute Gasteiger partial charge is 0.335 e. The minimum atomic E-state index is -0.999. The van der Waals surface area contributed by atoms with E-state index in [4.69, 9.17) is 5.11 Å². The summed E-state index contributed by atoms with van der Waals surface area (Å²) in [5, 5.41) is 14.8. The van der Waals surface area contributed by atoms with Crippen molar-refractivity contribution >= 4 is 33.6 Å². The van der Waals surface area contributed by atoms with Crippen LogP contribution in [0.2, 0.25) is 0 Å². The van der Waals surface area contributed by atoms with Crippen molar-refractivity contribution in [3.8, 4) is 0 Å². The lowest BCUT2D eigenvalue weighted by molar-refractivity contribution is 0.0697. The number of benzene rings is 1. The summed E-state index contributed by atoms with van der Waals surface area (Å²) in [7, 11) is 0. The Morgan fingerprint density at radius 2 is 2.00 bits per heavy atom. The van der Waals surface area contributed by atoms with Crippen molar-refractivity contribution in [1.82, 2.24) is 10.2 Å². The van der Waals surface area contributed by atoms with E-state index in [-0.39, 0.29) is 11.6 Å². The van der Waals surface area contributed by atoms with Crippen molar-refractivity contribution in [1.29, 1.82) is 0 Å². The molecule has 0 saturated carbocycles. The van der Waals surface area contributed by atoms with Crippen molar-refractivity contribution in [2.75, 3.05) is 31.5 Å². The topological polar surface area (TPSA) is 81.7 Å². The molecular formula is C12H14BrN3O3. The number of carbonyl (C=O) groups excluding carboxylic acids is 1. The van der Waals surface area contributed by atoms with E-state index < -0.39 is 5.97 Å². The van der Waals surface area contributed by atoms with Gasteiger partial charge < -0.3 is 20.6 Å². The van der Waals surface area contributed by atoms with Crippen LogP contribution in [0.15, 0.2) is 22.7 Å². The third kappa shape index (κ3) is 3.45. The van der Waals surface area contributed by atoms with Crippen LogP contribution in [0.4, 0.5) is 10.5 Å². The van der Waals surface area contributed by atoms with Crippen LogP contribution in [0.5, 0.6) is 0 Å². The summed E-state index contributed by atoms with van der Waals surface area (Å²) in [6.07, 6.45) is 0. The Hall–Kier alpha value is -1.60. The number of aromatic carboxylic acids is 1. The van der Waals surface area contributed by atoms with Gasteiger partial charge in [0.1, 0.15) is 0 Å². The van der Waals surface area contributed by atoms with Gasteiger partial charge in [0.25, 0.3) is 0 Å². The summed E-state index contributed by atoms with van der Waals surface area (Å²) in [6.45, 7) is 2.90. The first-order valence-corrected chi connectivity index (χ1v) is 6.67. The number of halogens is 1. The summed E-state index contributed by atoms with van der Waals surface area (Å²) >= 11 is 3.26. The third-order valence-corrected chi connectivity index (χ3v) is 3.52. The first-order valence-electron chi connectivity index (χ1n) is 5.87. The minimum absolute atomic E-state index is 0.173. The molecule has 0 bridgehead atoms. The molecular weight excluding hydrogens is 314 g/mol. The largest absolute Gasteiger partial charge is 0.478 e. The van der Waals surface area contributed by atoms with Crippen LogP contribution in [0, 0.1) is 0 Å². The van der Waals surface area contributed by atoms with Gasteiger partial charge in [-0.2, -0.15) is 0 Å². The minimum Gasteiger partial charge on any atom is -0.478 e. The van der Waals surface area contributed by atoms with E-state index in [2.05, 4.69) is 26.6 Å². The summed E-state index contributed by atoms with van der Waals surface area (Å²) in [5.41, 5.74) is 0.737. The fraction of sp³-hybridized carbons (Fsp3) is 0.333. The van der Waals surface area contributed by atoms with Gasteiger partial charge in [0, 0.05) is 30.7 Å². The molecule has 7 heteroatoms. The molecule has 1 saturated heterocycles. The maximum atomic E-state index is 12.0. The second-order valence-electron chi connectivity index (χ2n) is 4.17. The number of urea groups is 1. The molecule has 0 radical (unpaired) electrons.